The van der Waals surface area contributed by atoms with Gasteiger partial charge in [-0.1, -0.05) is 18.9 Å². The topological polar surface area (TPSA) is 84.8 Å². The van der Waals surface area contributed by atoms with E-state index >= 15 is 0 Å². The Hall–Kier alpha value is -3.40. The van der Waals surface area contributed by atoms with Gasteiger partial charge in [0.25, 0.3) is 0 Å². The number of methoxy groups -OCH3 is 1. The van der Waals surface area contributed by atoms with Gasteiger partial charge < -0.3 is 24.7 Å². The highest BCUT2D eigenvalue weighted by Gasteiger charge is 2.50. The average molecular weight is 645 g/mol. The number of hydrogen-bond acceptors (Lipinski definition) is 7. The van der Waals surface area contributed by atoms with E-state index in [0.29, 0.717) is 33.8 Å². The third kappa shape index (κ3) is 6.76. The molecular formula is C33H39F3N4O4S. The first-order valence-electron chi connectivity index (χ1n) is 15.4. The van der Waals surface area contributed by atoms with Crippen LogP contribution in [0.5, 0.6) is 5.75 Å². The Labute approximate surface area is 262 Å². The van der Waals surface area contributed by atoms with Gasteiger partial charge >= 0.3 is 6.18 Å². The number of anilines is 2. The summed E-state index contributed by atoms with van der Waals surface area (Å²) in [6, 6.07) is 12.5. The number of likely N-dealkylation sites (tertiary alicyclic amines) is 1. The Morgan fingerprint density at radius 1 is 1.07 bits per heavy atom. The lowest BCUT2D eigenvalue weighted by Gasteiger charge is -2.58. The molecule has 1 spiro atoms. The number of fused-ring (bicyclic) bond motifs is 1. The number of hydrogen-bond donors (Lipinski definition) is 2. The molecule has 3 aliphatic rings. The van der Waals surface area contributed by atoms with Crippen LogP contribution < -0.4 is 15.4 Å². The minimum Gasteiger partial charge on any atom is -0.495 e. The van der Waals surface area contributed by atoms with Crippen molar-refractivity contribution in [2.24, 2.45) is 5.41 Å². The number of alkyl halides is 3. The van der Waals surface area contributed by atoms with Gasteiger partial charge in [0.05, 0.1) is 54.4 Å². The maximum absolute atomic E-state index is 13.7. The summed E-state index contributed by atoms with van der Waals surface area (Å²) in [6.07, 6.45) is -0.191. The zero-order valence-electron chi connectivity index (χ0n) is 25.5. The van der Waals surface area contributed by atoms with Crippen molar-refractivity contribution in [3.63, 3.8) is 0 Å². The largest absolute Gasteiger partial charge is 0.495 e. The van der Waals surface area contributed by atoms with E-state index < -0.39 is 22.6 Å². The second kappa shape index (κ2) is 12.4. The SMILES string of the molecule is CCS(=O)(=O)c1ccc(NCC#Cc2cc3c(N[C@H]4CC[C@H](N5CC6(COC6)C5)CC4)cccc3n2CC(F)(F)F)c(OC)c1. The lowest BCUT2D eigenvalue weighted by molar-refractivity contribution is -0.200. The van der Waals surface area contributed by atoms with Crippen molar-refractivity contribution in [1.82, 2.24) is 9.47 Å². The Morgan fingerprint density at radius 2 is 1.82 bits per heavy atom. The fraction of sp³-hybridized carbons (Fsp3) is 0.515. The van der Waals surface area contributed by atoms with Crippen molar-refractivity contribution >= 4 is 32.1 Å². The molecule has 2 aromatic carbocycles. The van der Waals surface area contributed by atoms with Crippen LogP contribution in [0, 0.1) is 17.3 Å². The quantitative estimate of drug-likeness (QED) is 0.297. The molecule has 2 N–H and O–H groups in total. The molecule has 8 nitrogen and oxygen atoms in total. The number of halogens is 3. The maximum Gasteiger partial charge on any atom is 0.406 e. The number of sulfone groups is 1. The van der Waals surface area contributed by atoms with Crippen molar-refractivity contribution in [1.29, 1.82) is 0 Å². The Morgan fingerprint density at radius 3 is 2.47 bits per heavy atom. The zero-order valence-corrected chi connectivity index (χ0v) is 26.4. The first-order valence-corrected chi connectivity index (χ1v) is 17.1. The summed E-state index contributed by atoms with van der Waals surface area (Å²) in [5, 5.41) is 7.43. The summed E-state index contributed by atoms with van der Waals surface area (Å²) < 4.78 is 77.5. The molecule has 1 aliphatic carbocycles. The second-order valence-electron chi connectivity index (χ2n) is 12.4. The lowest BCUT2D eigenvalue weighted by Crippen LogP contribution is -2.68. The summed E-state index contributed by atoms with van der Waals surface area (Å²) in [7, 11) is -1.97. The normalized spacial score (nSPS) is 21.4. The summed E-state index contributed by atoms with van der Waals surface area (Å²) in [4.78, 5) is 2.74. The monoisotopic (exact) mass is 644 g/mol. The van der Waals surface area contributed by atoms with E-state index in [1.807, 2.05) is 6.07 Å². The minimum atomic E-state index is -4.42. The third-order valence-electron chi connectivity index (χ3n) is 9.25. The zero-order chi connectivity index (χ0) is 31.8. The van der Waals surface area contributed by atoms with E-state index in [1.54, 1.807) is 31.2 Å². The van der Waals surface area contributed by atoms with E-state index in [0.717, 1.165) is 57.7 Å². The second-order valence-corrected chi connectivity index (χ2v) is 14.7. The molecule has 3 heterocycles. The molecule has 2 saturated heterocycles. The molecule has 3 aromatic rings. The van der Waals surface area contributed by atoms with Crippen LogP contribution in [0.3, 0.4) is 0 Å². The van der Waals surface area contributed by atoms with Crippen molar-refractivity contribution in [2.75, 3.05) is 56.3 Å². The predicted molar refractivity (Wildman–Crippen MR) is 169 cm³/mol. The van der Waals surface area contributed by atoms with Gasteiger partial charge in [-0.3, -0.25) is 4.90 Å². The van der Waals surface area contributed by atoms with Gasteiger partial charge in [-0.2, -0.15) is 13.2 Å². The number of rotatable bonds is 9. The molecule has 3 fully saturated rings. The molecule has 1 aromatic heterocycles. The van der Waals surface area contributed by atoms with Gasteiger partial charge in [0.15, 0.2) is 9.84 Å². The number of nitrogens with one attached hydrogen (secondary N) is 2. The summed E-state index contributed by atoms with van der Waals surface area (Å²) in [5.41, 5.74) is 2.50. The highest BCUT2D eigenvalue weighted by molar-refractivity contribution is 7.91. The van der Waals surface area contributed by atoms with E-state index in [9.17, 15) is 21.6 Å². The van der Waals surface area contributed by atoms with Gasteiger partial charge in [0.1, 0.15) is 12.3 Å². The number of aromatic nitrogens is 1. The smallest absolute Gasteiger partial charge is 0.406 e. The maximum atomic E-state index is 13.7. The highest BCUT2D eigenvalue weighted by atomic mass is 32.2. The van der Waals surface area contributed by atoms with Gasteiger partial charge in [0, 0.05) is 47.7 Å². The number of nitrogens with zero attached hydrogens (tertiary/aromatic N) is 2. The number of benzene rings is 2. The standard InChI is InChI=1S/C33H39F3N4O4S/c1-3-45(41,42)26-13-14-29(31(17-26)43-2)37-15-5-6-25-16-27-28(7-4-8-30(27)40(25)20-33(34,35)36)38-23-9-11-24(12-10-23)39-18-32(19-39)21-44-22-32/h4,7-8,13-14,16-17,23-24,37-38H,3,9-12,15,18-22H2,1-2H3/t23-,24-. The van der Waals surface area contributed by atoms with Crippen molar-refractivity contribution < 1.29 is 31.1 Å². The first-order chi connectivity index (χ1) is 21.5. The number of ether oxygens (including phenoxy) is 2. The molecule has 242 valence electrons. The van der Waals surface area contributed by atoms with Gasteiger partial charge in [-0.05, 0) is 61.9 Å². The fourth-order valence-corrected chi connectivity index (χ4v) is 7.66. The van der Waals surface area contributed by atoms with Gasteiger partial charge in [-0.25, -0.2) is 8.42 Å². The molecule has 12 heteroatoms. The molecule has 0 radical (unpaired) electrons. The third-order valence-corrected chi connectivity index (χ3v) is 11.0. The first kappa shape index (κ1) is 31.6. The molecule has 1 saturated carbocycles. The molecular weight excluding hydrogens is 605 g/mol. The van der Waals surface area contributed by atoms with Crippen molar-refractivity contribution in [3.05, 3.63) is 48.2 Å². The molecule has 0 amide bonds. The highest BCUT2D eigenvalue weighted by Crippen LogP contribution is 2.41. The molecule has 0 atom stereocenters. The van der Waals surface area contributed by atoms with Crippen LogP contribution in [0.4, 0.5) is 24.5 Å². The Kier molecular flexibility index (Phi) is 8.71. The van der Waals surface area contributed by atoms with Crippen LogP contribution in [0.15, 0.2) is 47.4 Å². The Balaban J connectivity index is 1.16. The van der Waals surface area contributed by atoms with E-state index in [2.05, 4.69) is 27.4 Å². The summed E-state index contributed by atoms with van der Waals surface area (Å²) in [6.45, 7) is 4.57. The average Bonchev–Trinajstić information content (AvgIpc) is 3.31. The molecule has 45 heavy (non-hydrogen) atoms. The summed E-state index contributed by atoms with van der Waals surface area (Å²) in [5.74, 6) is 6.16. The van der Waals surface area contributed by atoms with Gasteiger partial charge in [0.2, 0.25) is 0 Å². The van der Waals surface area contributed by atoms with Crippen molar-refractivity contribution in [2.45, 2.75) is 62.3 Å². The predicted octanol–water partition coefficient (Wildman–Crippen LogP) is 5.52. The van der Waals surface area contributed by atoms with Crippen molar-refractivity contribution in [3.8, 4) is 17.6 Å². The van der Waals surface area contributed by atoms with Crippen LogP contribution in [0.1, 0.15) is 38.3 Å². The van der Waals surface area contributed by atoms with Crippen LogP contribution in [-0.4, -0.2) is 81.9 Å². The summed E-state index contributed by atoms with van der Waals surface area (Å²) >= 11 is 0. The molecule has 0 unspecified atom stereocenters. The molecule has 2 aliphatic heterocycles. The Bertz CT molecular complexity index is 1710. The van der Waals surface area contributed by atoms with Gasteiger partial charge in [-0.15, -0.1) is 0 Å². The van der Waals surface area contributed by atoms with Crippen LogP contribution in [0.2, 0.25) is 0 Å². The lowest BCUT2D eigenvalue weighted by atomic mass is 9.75. The van der Waals surface area contributed by atoms with Crippen LogP contribution in [0.25, 0.3) is 10.9 Å². The van der Waals surface area contributed by atoms with E-state index in [1.165, 1.54) is 23.8 Å². The van der Waals surface area contributed by atoms with Crippen LogP contribution >= 0.6 is 0 Å². The van der Waals surface area contributed by atoms with E-state index in [4.69, 9.17) is 9.47 Å². The fourth-order valence-electron chi connectivity index (χ4n) is 6.77. The molecule has 6 rings (SSSR count). The molecule has 0 bridgehead atoms. The minimum absolute atomic E-state index is 0.0333. The van der Waals surface area contributed by atoms with Crippen LogP contribution in [-0.2, 0) is 21.1 Å². The van der Waals surface area contributed by atoms with E-state index in [-0.39, 0.29) is 28.9 Å².